The van der Waals surface area contributed by atoms with Gasteiger partial charge in [-0.2, -0.15) is 0 Å². The van der Waals surface area contributed by atoms with Gasteiger partial charge in [0.05, 0.1) is 35.0 Å². The summed E-state index contributed by atoms with van der Waals surface area (Å²) in [5.41, 5.74) is 3.57. The van der Waals surface area contributed by atoms with E-state index in [1.54, 1.807) is 30.7 Å². The van der Waals surface area contributed by atoms with Crippen LogP contribution < -0.4 is 14.8 Å². The van der Waals surface area contributed by atoms with Crippen molar-refractivity contribution in [3.05, 3.63) is 83.8 Å². The third-order valence-electron chi connectivity index (χ3n) is 5.23. The van der Waals surface area contributed by atoms with Crippen molar-refractivity contribution in [1.29, 1.82) is 0 Å². The van der Waals surface area contributed by atoms with Gasteiger partial charge in [0.25, 0.3) is 0 Å². The molecule has 0 aliphatic carbocycles. The number of anilines is 1. The van der Waals surface area contributed by atoms with Gasteiger partial charge in [-0.15, -0.1) is 0 Å². The Balaban J connectivity index is 1.23. The van der Waals surface area contributed by atoms with E-state index >= 15 is 0 Å². The lowest BCUT2D eigenvalue weighted by Crippen LogP contribution is -2.26. The maximum atomic E-state index is 11.5. The number of nitrogens with one attached hydrogen (secondary N) is 3. The predicted octanol–water partition coefficient (Wildman–Crippen LogP) is 3.87. The van der Waals surface area contributed by atoms with Gasteiger partial charge in [-0.25, -0.2) is 13.4 Å². The molecule has 4 N–H and O–H groups in total. The highest BCUT2D eigenvalue weighted by molar-refractivity contribution is 7.92. The van der Waals surface area contributed by atoms with Crippen LogP contribution in [0.5, 0.6) is 5.75 Å². The molecule has 0 aliphatic heterocycles. The first-order valence-corrected chi connectivity index (χ1v) is 13.4. The zero-order valence-electron chi connectivity index (χ0n) is 19.5. The summed E-state index contributed by atoms with van der Waals surface area (Å²) >= 11 is 6.03. The highest BCUT2D eigenvalue weighted by atomic mass is 35.5. The van der Waals surface area contributed by atoms with Gasteiger partial charge in [-0.05, 0) is 59.7 Å². The number of ether oxygens (including phenoxy) is 1. The first-order valence-electron chi connectivity index (χ1n) is 11.1. The second-order valence-electron chi connectivity index (χ2n) is 8.09. The fourth-order valence-corrected chi connectivity index (χ4v) is 4.26. The van der Waals surface area contributed by atoms with Crippen LogP contribution in [0.25, 0.3) is 22.6 Å². The van der Waals surface area contributed by atoms with Crippen LogP contribution in [-0.4, -0.2) is 54.4 Å². The van der Waals surface area contributed by atoms with Crippen molar-refractivity contribution in [3.63, 3.8) is 0 Å². The van der Waals surface area contributed by atoms with Gasteiger partial charge < -0.3 is 20.1 Å². The van der Waals surface area contributed by atoms with Gasteiger partial charge in [-0.1, -0.05) is 17.7 Å². The normalized spacial score (nSPS) is 12.3. The van der Waals surface area contributed by atoms with Crippen molar-refractivity contribution in [2.45, 2.75) is 6.10 Å². The Morgan fingerprint density at radius 2 is 1.92 bits per heavy atom. The number of pyridine rings is 1. The monoisotopic (exact) mass is 527 g/mol. The molecule has 0 aliphatic rings. The molecule has 2 aromatic carbocycles. The summed E-state index contributed by atoms with van der Waals surface area (Å²) < 4.78 is 31.1. The average molecular weight is 528 g/mol. The first-order chi connectivity index (χ1) is 17.3. The summed E-state index contributed by atoms with van der Waals surface area (Å²) in [5.74, 6) is 1.48. The SMILES string of the molecule is CS(=O)(=O)Nc1cc([C@H](O)CNCCOc2ccc(-c3cnc(-c4cccnc4)[nH]3)cc2)ccc1Cl. The van der Waals surface area contributed by atoms with Crippen LogP contribution in [0, 0.1) is 0 Å². The molecule has 36 heavy (non-hydrogen) atoms. The van der Waals surface area contributed by atoms with Gasteiger partial charge in [-0.3, -0.25) is 9.71 Å². The molecular formula is C25H26ClN5O4S. The van der Waals surface area contributed by atoms with Crippen LogP contribution in [0.1, 0.15) is 11.7 Å². The zero-order valence-corrected chi connectivity index (χ0v) is 21.1. The van der Waals surface area contributed by atoms with Crippen molar-refractivity contribution in [1.82, 2.24) is 20.3 Å². The number of benzene rings is 2. The number of nitrogens with zero attached hydrogens (tertiary/aromatic N) is 2. The third-order valence-corrected chi connectivity index (χ3v) is 6.15. The number of aliphatic hydroxyl groups excluding tert-OH is 1. The molecule has 4 rings (SSSR count). The number of rotatable bonds is 11. The minimum Gasteiger partial charge on any atom is -0.492 e. The predicted molar refractivity (Wildman–Crippen MR) is 140 cm³/mol. The first kappa shape index (κ1) is 25.6. The summed E-state index contributed by atoms with van der Waals surface area (Å²) in [5, 5.41) is 13.8. The van der Waals surface area contributed by atoms with Gasteiger partial charge in [0.1, 0.15) is 18.2 Å². The summed E-state index contributed by atoms with van der Waals surface area (Å²) in [6.45, 7) is 1.18. The molecule has 0 saturated carbocycles. The lowest BCUT2D eigenvalue weighted by Gasteiger charge is -2.15. The summed E-state index contributed by atoms with van der Waals surface area (Å²) in [6.07, 6.45) is 5.47. The Kier molecular flexibility index (Phi) is 8.21. The molecule has 2 aromatic heterocycles. The van der Waals surface area contributed by atoms with Gasteiger partial charge in [0, 0.05) is 31.0 Å². The molecule has 9 nitrogen and oxygen atoms in total. The van der Waals surface area contributed by atoms with Crippen LogP contribution in [-0.2, 0) is 10.0 Å². The number of aliphatic hydroxyl groups is 1. The molecule has 0 amide bonds. The molecule has 0 saturated heterocycles. The standard InChI is InChI=1S/C25H26ClN5O4S/c1-36(33,34)31-22-13-18(6-9-21(22)26)24(32)16-28-11-12-35-20-7-4-17(5-8-20)23-15-29-25(30-23)19-3-2-10-27-14-19/h2-10,13-15,24,28,31-32H,11-12,16H2,1H3,(H,29,30)/t24-/m1/s1. The molecule has 0 bridgehead atoms. The Labute approximate surface area is 214 Å². The van der Waals surface area contributed by atoms with Crippen LogP contribution in [0.15, 0.2) is 73.2 Å². The molecular weight excluding hydrogens is 502 g/mol. The zero-order chi connectivity index (χ0) is 25.5. The van der Waals surface area contributed by atoms with Crippen LogP contribution in [0.3, 0.4) is 0 Å². The minimum absolute atomic E-state index is 0.228. The van der Waals surface area contributed by atoms with Crippen molar-refractivity contribution < 1.29 is 18.3 Å². The van der Waals surface area contributed by atoms with Crippen molar-refractivity contribution >= 4 is 27.3 Å². The highest BCUT2D eigenvalue weighted by Gasteiger charge is 2.12. The van der Waals surface area contributed by atoms with Crippen molar-refractivity contribution in [2.75, 3.05) is 30.7 Å². The molecule has 188 valence electrons. The number of aromatic amines is 1. The van der Waals surface area contributed by atoms with E-state index in [2.05, 4.69) is 25.0 Å². The number of hydrogen-bond donors (Lipinski definition) is 4. The van der Waals surface area contributed by atoms with Crippen LogP contribution in [0.4, 0.5) is 5.69 Å². The van der Waals surface area contributed by atoms with E-state index in [-0.39, 0.29) is 17.3 Å². The smallest absolute Gasteiger partial charge is 0.229 e. The highest BCUT2D eigenvalue weighted by Crippen LogP contribution is 2.27. The maximum Gasteiger partial charge on any atom is 0.229 e. The van der Waals surface area contributed by atoms with Crippen molar-refractivity contribution in [3.8, 4) is 28.4 Å². The lowest BCUT2D eigenvalue weighted by atomic mass is 10.1. The largest absolute Gasteiger partial charge is 0.492 e. The number of sulfonamides is 1. The quantitative estimate of drug-likeness (QED) is 0.218. The number of imidazole rings is 1. The van der Waals surface area contributed by atoms with E-state index in [1.807, 2.05) is 36.4 Å². The number of aromatic nitrogens is 3. The van der Waals surface area contributed by atoms with E-state index in [4.69, 9.17) is 16.3 Å². The Bertz CT molecular complexity index is 1400. The van der Waals surface area contributed by atoms with E-state index in [9.17, 15) is 13.5 Å². The number of hydrogen-bond acceptors (Lipinski definition) is 7. The summed E-state index contributed by atoms with van der Waals surface area (Å²) in [7, 11) is -3.48. The molecule has 0 unspecified atom stereocenters. The number of halogens is 1. The minimum atomic E-state index is -3.48. The van der Waals surface area contributed by atoms with E-state index < -0.39 is 16.1 Å². The van der Waals surface area contributed by atoms with Gasteiger partial charge >= 0.3 is 0 Å². The maximum absolute atomic E-state index is 11.5. The second kappa shape index (κ2) is 11.5. The Hall–Kier alpha value is -3.44. The fraction of sp³-hybridized carbons (Fsp3) is 0.200. The van der Waals surface area contributed by atoms with Crippen LogP contribution >= 0.6 is 11.6 Å². The van der Waals surface area contributed by atoms with E-state index in [1.165, 1.54) is 6.07 Å². The molecule has 1 atom stereocenters. The third kappa shape index (κ3) is 7.05. The van der Waals surface area contributed by atoms with E-state index in [0.717, 1.165) is 34.7 Å². The van der Waals surface area contributed by atoms with Crippen LogP contribution in [0.2, 0.25) is 5.02 Å². The van der Waals surface area contributed by atoms with Crippen molar-refractivity contribution in [2.24, 2.45) is 0 Å². The number of H-pyrrole nitrogens is 1. The molecule has 2 heterocycles. The van der Waals surface area contributed by atoms with Gasteiger partial charge in [0.2, 0.25) is 10.0 Å². The molecule has 0 radical (unpaired) electrons. The van der Waals surface area contributed by atoms with E-state index in [0.29, 0.717) is 18.7 Å². The molecule has 0 spiro atoms. The molecule has 11 heteroatoms. The molecule has 4 aromatic rings. The Morgan fingerprint density at radius 3 is 2.64 bits per heavy atom. The molecule has 0 fully saturated rings. The van der Waals surface area contributed by atoms with Gasteiger partial charge in [0.15, 0.2) is 0 Å². The topological polar surface area (TPSA) is 129 Å². The summed E-state index contributed by atoms with van der Waals surface area (Å²) in [6, 6.07) is 16.2. The fourth-order valence-electron chi connectivity index (χ4n) is 3.47. The Morgan fingerprint density at radius 1 is 1.11 bits per heavy atom. The lowest BCUT2D eigenvalue weighted by molar-refractivity contribution is 0.172. The summed E-state index contributed by atoms with van der Waals surface area (Å²) in [4.78, 5) is 11.8. The average Bonchev–Trinajstić information content (AvgIpc) is 3.36. The second-order valence-corrected chi connectivity index (χ2v) is 10.2.